The number of hydrogen-bond donors (Lipinski definition) is 1. The van der Waals surface area contributed by atoms with E-state index < -0.39 is 0 Å². The number of nitrogens with zero attached hydrogens (tertiary/aromatic N) is 3. The summed E-state index contributed by atoms with van der Waals surface area (Å²) in [6.45, 7) is 0.360. The van der Waals surface area contributed by atoms with E-state index in [-0.39, 0.29) is 12.4 Å². The molecule has 1 heterocycles. The topological polar surface area (TPSA) is 75.6 Å². The second-order valence-electron chi connectivity index (χ2n) is 1.73. The fourth-order valence-corrected chi connectivity index (χ4v) is 0.528. The molecule has 1 rings (SSSR count). The van der Waals surface area contributed by atoms with E-state index in [1.54, 1.807) is 12.1 Å². The molecule has 1 aromatic rings. The Morgan fingerprint density at radius 3 is 2.55 bits per heavy atom. The van der Waals surface area contributed by atoms with Gasteiger partial charge in [0.15, 0.2) is 5.69 Å². The minimum atomic E-state index is 0. The molecule has 11 heavy (non-hydrogen) atoms. The summed E-state index contributed by atoms with van der Waals surface area (Å²) in [5.41, 5.74) is 6.27. The molecule has 58 valence electrons. The van der Waals surface area contributed by atoms with Gasteiger partial charge >= 0.3 is 0 Å². The van der Waals surface area contributed by atoms with Crippen LogP contribution >= 0.6 is 12.4 Å². The van der Waals surface area contributed by atoms with Gasteiger partial charge in [-0.1, -0.05) is 0 Å². The number of rotatable bonds is 1. The highest BCUT2D eigenvalue weighted by molar-refractivity contribution is 5.85. The Labute approximate surface area is 70.5 Å². The largest absolute Gasteiger partial charge is 0.325 e. The molecule has 0 aliphatic carbocycles. The zero-order valence-electron chi connectivity index (χ0n) is 5.69. The second kappa shape index (κ2) is 4.61. The Morgan fingerprint density at radius 1 is 1.45 bits per heavy atom. The first-order valence-electron chi connectivity index (χ1n) is 2.79. The van der Waals surface area contributed by atoms with Crippen LogP contribution in [-0.2, 0) is 6.54 Å². The summed E-state index contributed by atoms with van der Waals surface area (Å²) in [5, 5.41) is 15.6. The summed E-state index contributed by atoms with van der Waals surface area (Å²) in [5.74, 6) is 0. The molecule has 0 aliphatic rings. The van der Waals surface area contributed by atoms with Gasteiger partial charge in [0.1, 0.15) is 6.07 Å². The van der Waals surface area contributed by atoms with Crippen molar-refractivity contribution in [2.24, 2.45) is 5.73 Å². The number of nitriles is 1. The van der Waals surface area contributed by atoms with Gasteiger partial charge in [-0.05, 0) is 12.1 Å². The molecule has 4 nitrogen and oxygen atoms in total. The van der Waals surface area contributed by atoms with Crippen molar-refractivity contribution in [2.75, 3.05) is 0 Å². The first-order valence-corrected chi connectivity index (χ1v) is 2.79. The number of hydrogen-bond acceptors (Lipinski definition) is 4. The molecule has 2 N–H and O–H groups in total. The maximum absolute atomic E-state index is 8.32. The van der Waals surface area contributed by atoms with Crippen molar-refractivity contribution >= 4 is 12.4 Å². The Hall–Kier alpha value is -1.18. The van der Waals surface area contributed by atoms with Gasteiger partial charge in [0.25, 0.3) is 0 Å². The Bertz CT molecular complexity index is 250. The van der Waals surface area contributed by atoms with Crippen LogP contribution in [-0.4, -0.2) is 10.2 Å². The van der Waals surface area contributed by atoms with Gasteiger partial charge in [0.05, 0.1) is 5.69 Å². The lowest BCUT2D eigenvalue weighted by molar-refractivity contribution is 0.889. The zero-order valence-corrected chi connectivity index (χ0v) is 6.51. The molecule has 0 unspecified atom stereocenters. The lowest BCUT2D eigenvalue weighted by Gasteiger charge is -1.90. The summed E-state index contributed by atoms with van der Waals surface area (Å²) in [4.78, 5) is 0. The predicted molar refractivity (Wildman–Crippen MR) is 41.9 cm³/mol. The lowest BCUT2D eigenvalue weighted by Crippen LogP contribution is -2.01. The third-order valence-electron chi connectivity index (χ3n) is 1.04. The molecule has 0 bridgehead atoms. The van der Waals surface area contributed by atoms with Crippen LogP contribution in [0.15, 0.2) is 12.1 Å². The second-order valence-corrected chi connectivity index (χ2v) is 1.73. The Balaban J connectivity index is 0.000001000. The summed E-state index contributed by atoms with van der Waals surface area (Å²) >= 11 is 0. The number of nitrogens with two attached hydrogens (primary N) is 1. The quantitative estimate of drug-likeness (QED) is 0.655. The minimum Gasteiger partial charge on any atom is -0.325 e. The van der Waals surface area contributed by atoms with E-state index in [0.29, 0.717) is 17.9 Å². The van der Waals surface area contributed by atoms with E-state index in [9.17, 15) is 0 Å². The molecule has 0 radical (unpaired) electrons. The van der Waals surface area contributed by atoms with Gasteiger partial charge in [0.2, 0.25) is 0 Å². The molecule has 5 heteroatoms. The van der Waals surface area contributed by atoms with E-state index in [1.165, 1.54) is 0 Å². The predicted octanol–water partition coefficient (Wildman–Crippen LogP) is 0.229. The molecule has 0 saturated carbocycles. The van der Waals surface area contributed by atoms with Gasteiger partial charge in [0, 0.05) is 6.54 Å². The van der Waals surface area contributed by atoms with Crippen LogP contribution < -0.4 is 5.73 Å². The molecule has 0 saturated heterocycles. The number of aromatic nitrogens is 2. The SMILES string of the molecule is Cl.N#Cc1ccc(CN)nn1. The van der Waals surface area contributed by atoms with Crippen molar-refractivity contribution in [3.05, 3.63) is 23.5 Å². The van der Waals surface area contributed by atoms with Crippen LogP contribution in [0.2, 0.25) is 0 Å². The van der Waals surface area contributed by atoms with Crippen molar-refractivity contribution in [3.8, 4) is 6.07 Å². The van der Waals surface area contributed by atoms with Crippen molar-refractivity contribution in [2.45, 2.75) is 6.54 Å². The fraction of sp³-hybridized carbons (Fsp3) is 0.167. The molecule has 0 amide bonds. The Kier molecular flexibility index (Phi) is 4.11. The highest BCUT2D eigenvalue weighted by Gasteiger charge is 1.92. The maximum Gasteiger partial charge on any atom is 0.163 e. The third-order valence-corrected chi connectivity index (χ3v) is 1.04. The van der Waals surface area contributed by atoms with Gasteiger partial charge in [-0.3, -0.25) is 0 Å². The lowest BCUT2D eigenvalue weighted by atomic mass is 10.3. The molecule has 0 spiro atoms. The minimum absolute atomic E-state index is 0. The standard InChI is InChI=1S/C6H6N4.ClH/c7-3-5-1-2-6(4-8)10-9-5;/h1-2H,3,7H2;1H. The van der Waals surface area contributed by atoms with Gasteiger partial charge in [-0.25, -0.2) is 0 Å². The van der Waals surface area contributed by atoms with E-state index >= 15 is 0 Å². The van der Waals surface area contributed by atoms with E-state index in [0.717, 1.165) is 0 Å². The summed E-state index contributed by atoms with van der Waals surface area (Å²) in [6, 6.07) is 5.14. The van der Waals surface area contributed by atoms with Gasteiger partial charge in [-0.15, -0.1) is 17.5 Å². The first-order chi connectivity index (χ1) is 4.86. The monoisotopic (exact) mass is 170 g/mol. The van der Waals surface area contributed by atoms with Crippen LogP contribution in [0.25, 0.3) is 0 Å². The van der Waals surface area contributed by atoms with Crippen molar-refractivity contribution in [3.63, 3.8) is 0 Å². The molecular weight excluding hydrogens is 164 g/mol. The summed E-state index contributed by atoms with van der Waals surface area (Å²) in [7, 11) is 0. The van der Waals surface area contributed by atoms with Crippen LogP contribution in [0.3, 0.4) is 0 Å². The van der Waals surface area contributed by atoms with E-state index in [2.05, 4.69) is 10.2 Å². The van der Waals surface area contributed by atoms with Gasteiger partial charge < -0.3 is 5.73 Å². The zero-order chi connectivity index (χ0) is 7.40. The normalized spacial score (nSPS) is 8.00. The third kappa shape index (κ3) is 2.50. The smallest absolute Gasteiger partial charge is 0.163 e. The fourth-order valence-electron chi connectivity index (χ4n) is 0.528. The van der Waals surface area contributed by atoms with Crippen molar-refractivity contribution < 1.29 is 0 Å². The average molecular weight is 171 g/mol. The van der Waals surface area contributed by atoms with Crippen LogP contribution in [0.5, 0.6) is 0 Å². The van der Waals surface area contributed by atoms with E-state index in [4.69, 9.17) is 11.0 Å². The molecular formula is C6H7ClN4. The van der Waals surface area contributed by atoms with Crippen molar-refractivity contribution in [1.82, 2.24) is 10.2 Å². The molecule has 0 aliphatic heterocycles. The highest BCUT2D eigenvalue weighted by atomic mass is 35.5. The number of halogens is 1. The van der Waals surface area contributed by atoms with Crippen LogP contribution in [0, 0.1) is 11.3 Å². The molecule has 1 aromatic heterocycles. The average Bonchev–Trinajstić information content (AvgIpc) is 2.05. The Morgan fingerprint density at radius 2 is 2.18 bits per heavy atom. The molecule has 0 aromatic carbocycles. The van der Waals surface area contributed by atoms with Crippen LogP contribution in [0.1, 0.15) is 11.4 Å². The first kappa shape index (κ1) is 9.82. The maximum atomic E-state index is 8.32. The van der Waals surface area contributed by atoms with Gasteiger partial charge in [-0.2, -0.15) is 10.4 Å². The molecule has 0 atom stereocenters. The summed E-state index contributed by atoms with van der Waals surface area (Å²) < 4.78 is 0. The van der Waals surface area contributed by atoms with Crippen molar-refractivity contribution in [1.29, 1.82) is 5.26 Å². The van der Waals surface area contributed by atoms with E-state index in [1.807, 2.05) is 6.07 Å². The summed E-state index contributed by atoms with van der Waals surface area (Å²) in [6.07, 6.45) is 0. The highest BCUT2D eigenvalue weighted by Crippen LogP contribution is 1.92. The molecule has 0 fully saturated rings. The van der Waals surface area contributed by atoms with Crippen LogP contribution in [0.4, 0.5) is 0 Å².